The summed E-state index contributed by atoms with van der Waals surface area (Å²) in [5.74, 6) is 0.0164. The first-order chi connectivity index (χ1) is 11.7. The molecule has 3 rings (SSSR count). The van der Waals surface area contributed by atoms with Crippen molar-refractivity contribution in [3.8, 4) is 0 Å². The van der Waals surface area contributed by atoms with Gasteiger partial charge in [-0.1, -0.05) is 30.3 Å². The fourth-order valence-electron chi connectivity index (χ4n) is 2.93. The van der Waals surface area contributed by atoms with Gasteiger partial charge in [-0.15, -0.1) is 0 Å². The van der Waals surface area contributed by atoms with Crippen LogP contribution in [0.3, 0.4) is 0 Å². The van der Waals surface area contributed by atoms with Crippen LogP contribution in [0.15, 0.2) is 42.6 Å². The number of rotatable bonds is 6. The summed E-state index contributed by atoms with van der Waals surface area (Å²) in [4.78, 5) is 14.5. The lowest BCUT2D eigenvalue weighted by atomic mass is 10.1. The summed E-state index contributed by atoms with van der Waals surface area (Å²) in [6, 6.07) is 12.3. The van der Waals surface area contributed by atoms with Crippen LogP contribution < -0.4 is 5.32 Å². The maximum atomic E-state index is 12.1. The maximum absolute atomic E-state index is 12.1. The van der Waals surface area contributed by atoms with Gasteiger partial charge in [0, 0.05) is 32.9 Å². The van der Waals surface area contributed by atoms with Crippen molar-refractivity contribution >= 4 is 5.91 Å². The molecular formula is C18H24N4O2. The number of morpholine rings is 1. The predicted molar refractivity (Wildman–Crippen MR) is 91.1 cm³/mol. The monoisotopic (exact) mass is 328 g/mol. The second-order valence-electron chi connectivity index (χ2n) is 6.14. The quantitative estimate of drug-likeness (QED) is 0.869. The van der Waals surface area contributed by atoms with Crippen LogP contribution in [0, 0.1) is 0 Å². The number of ether oxygens (including phenoxy) is 1. The highest BCUT2D eigenvalue weighted by Gasteiger charge is 2.22. The molecule has 1 aliphatic heterocycles. The van der Waals surface area contributed by atoms with Gasteiger partial charge in [-0.2, -0.15) is 5.10 Å². The third-order valence-corrected chi connectivity index (χ3v) is 4.27. The van der Waals surface area contributed by atoms with Crippen LogP contribution >= 0.6 is 0 Å². The summed E-state index contributed by atoms with van der Waals surface area (Å²) in [7, 11) is 1.87. The van der Waals surface area contributed by atoms with E-state index in [1.54, 1.807) is 10.9 Å². The molecule has 0 unspecified atom stereocenters. The molecule has 1 amide bonds. The number of carbonyl (C=O) groups is 1. The van der Waals surface area contributed by atoms with E-state index in [-0.39, 0.29) is 12.0 Å². The number of benzene rings is 1. The maximum Gasteiger partial charge on any atom is 0.222 e. The average Bonchev–Trinajstić information content (AvgIpc) is 2.99. The SMILES string of the molecule is Cn1nccc1CNC(=O)C[C@H]1CN(Cc2ccccc2)CCO1. The Kier molecular flexibility index (Phi) is 5.61. The van der Waals surface area contributed by atoms with Gasteiger partial charge >= 0.3 is 0 Å². The van der Waals surface area contributed by atoms with E-state index in [0.29, 0.717) is 19.6 Å². The summed E-state index contributed by atoms with van der Waals surface area (Å²) >= 11 is 0. The highest BCUT2D eigenvalue weighted by molar-refractivity contribution is 5.76. The predicted octanol–water partition coefficient (Wildman–Crippen LogP) is 1.33. The molecule has 1 N–H and O–H groups in total. The Morgan fingerprint density at radius 3 is 2.92 bits per heavy atom. The second kappa shape index (κ2) is 8.08. The van der Waals surface area contributed by atoms with E-state index in [9.17, 15) is 4.79 Å². The van der Waals surface area contributed by atoms with Crippen LogP contribution in [-0.4, -0.2) is 46.4 Å². The molecule has 24 heavy (non-hydrogen) atoms. The van der Waals surface area contributed by atoms with Gasteiger partial charge in [0.1, 0.15) is 0 Å². The molecule has 1 aliphatic rings. The Morgan fingerprint density at radius 2 is 2.17 bits per heavy atom. The first-order valence-corrected chi connectivity index (χ1v) is 8.32. The van der Waals surface area contributed by atoms with Gasteiger partial charge in [-0.25, -0.2) is 0 Å². The van der Waals surface area contributed by atoms with Gasteiger partial charge in [0.2, 0.25) is 5.91 Å². The van der Waals surface area contributed by atoms with Crippen molar-refractivity contribution in [3.63, 3.8) is 0 Å². The molecule has 0 aliphatic carbocycles. The second-order valence-corrected chi connectivity index (χ2v) is 6.14. The topological polar surface area (TPSA) is 59.4 Å². The molecule has 2 heterocycles. The van der Waals surface area contributed by atoms with E-state index in [1.807, 2.05) is 19.2 Å². The van der Waals surface area contributed by atoms with Crippen LogP contribution in [0.2, 0.25) is 0 Å². The molecule has 0 spiro atoms. The van der Waals surface area contributed by atoms with Crippen molar-refractivity contribution < 1.29 is 9.53 Å². The van der Waals surface area contributed by atoms with Crippen LogP contribution in [0.25, 0.3) is 0 Å². The van der Waals surface area contributed by atoms with Gasteiger partial charge in [-0.05, 0) is 11.6 Å². The number of aryl methyl sites for hydroxylation is 1. The van der Waals surface area contributed by atoms with Crippen molar-refractivity contribution in [2.75, 3.05) is 19.7 Å². The van der Waals surface area contributed by atoms with E-state index < -0.39 is 0 Å². The number of amides is 1. The zero-order valence-corrected chi connectivity index (χ0v) is 14.0. The number of hydrogen-bond donors (Lipinski definition) is 1. The van der Waals surface area contributed by atoms with Gasteiger partial charge in [0.05, 0.1) is 31.4 Å². The molecule has 1 fully saturated rings. The highest BCUT2D eigenvalue weighted by atomic mass is 16.5. The molecule has 6 heteroatoms. The van der Waals surface area contributed by atoms with Crippen LogP contribution in [0.5, 0.6) is 0 Å². The minimum Gasteiger partial charge on any atom is -0.375 e. The Labute approximate surface area is 142 Å². The minimum atomic E-state index is -0.0472. The Hall–Kier alpha value is -2.18. The summed E-state index contributed by atoms with van der Waals surface area (Å²) < 4.78 is 7.52. The molecule has 0 radical (unpaired) electrons. The number of aromatic nitrogens is 2. The number of hydrogen-bond acceptors (Lipinski definition) is 4. The Balaban J connectivity index is 1.44. The molecule has 1 saturated heterocycles. The molecule has 2 aromatic rings. The summed E-state index contributed by atoms with van der Waals surface area (Å²) in [5, 5.41) is 7.03. The Bertz CT molecular complexity index is 656. The molecule has 1 atom stereocenters. The molecule has 6 nitrogen and oxygen atoms in total. The summed E-state index contributed by atoms with van der Waals surface area (Å²) in [6.45, 7) is 3.76. The van der Waals surface area contributed by atoms with Crippen molar-refractivity contribution in [1.82, 2.24) is 20.0 Å². The molecule has 1 aromatic heterocycles. The van der Waals surface area contributed by atoms with Crippen LogP contribution in [-0.2, 0) is 29.7 Å². The minimum absolute atomic E-state index is 0.0164. The zero-order chi connectivity index (χ0) is 16.8. The van der Waals surface area contributed by atoms with Crippen molar-refractivity contribution in [3.05, 3.63) is 53.9 Å². The van der Waals surface area contributed by atoms with Gasteiger partial charge in [0.15, 0.2) is 0 Å². The largest absolute Gasteiger partial charge is 0.375 e. The van der Waals surface area contributed by atoms with Crippen LogP contribution in [0.4, 0.5) is 0 Å². The molecular weight excluding hydrogens is 304 g/mol. The Morgan fingerprint density at radius 1 is 1.33 bits per heavy atom. The van der Waals surface area contributed by atoms with Crippen molar-refractivity contribution in [1.29, 1.82) is 0 Å². The molecule has 128 valence electrons. The molecule has 1 aromatic carbocycles. The molecule has 0 saturated carbocycles. The third-order valence-electron chi connectivity index (χ3n) is 4.27. The first kappa shape index (κ1) is 16.7. The standard InChI is InChI=1S/C18H24N4O2/c1-21-16(7-8-20-21)12-19-18(23)11-17-14-22(9-10-24-17)13-15-5-3-2-4-6-15/h2-8,17H,9-14H2,1H3,(H,19,23)/t17-/m0/s1. The molecule has 0 bridgehead atoms. The highest BCUT2D eigenvalue weighted by Crippen LogP contribution is 2.12. The number of nitrogens with one attached hydrogen (secondary N) is 1. The summed E-state index contributed by atoms with van der Waals surface area (Å²) in [6.07, 6.45) is 2.07. The first-order valence-electron chi connectivity index (χ1n) is 8.32. The lowest BCUT2D eigenvalue weighted by molar-refractivity contribution is -0.126. The summed E-state index contributed by atoms with van der Waals surface area (Å²) in [5.41, 5.74) is 2.28. The fraction of sp³-hybridized carbons (Fsp3) is 0.444. The van der Waals surface area contributed by atoms with Gasteiger partial charge in [0.25, 0.3) is 0 Å². The van der Waals surface area contributed by atoms with E-state index in [0.717, 1.165) is 25.3 Å². The van der Waals surface area contributed by atoms with E-state index >= 15 is 0 Å². The smallest absolute Gasteiger partial charge is 0.222 e. The normalized spacial score (nSPS) is 18.5. The van der Waals surface area contributed by atoms with E-state index in [4.69, 9.17) is 4.74 Å². The fourth-order valence-corrected chi connectivity index (χ4v) is 2.93. The van der Waals surface area contributed by atoms with Gasteiger partial charge in [-0.3, -0.25) is 14.4 Å². The lowest BCUT2D eigenvalue weighted by Gasteiger charge is -2.32. The van der Waals surface area contributed by atoms with E-state index in [1.165, 1.54) is 5.56 Å². The average molecular weight is 328 g/mol. The third kappa shape index (κ3) is 4.66. The zero-order valence-electron chi connectivity index (χ0n) is 14.0. The van der Waals surface area contributed by atoms with Crippen LogP contribution in [0.1, 0.15) is 17.7 Å². The van der Waals surface area contributed by atoms with Crippen molar-refractivity contribution in [2.45, 2.75) is 25.6 Å². The van der Waals surface area contributed by atoms with Gasteiger partial charge < -0.3 is 10.1 Å². The lowest BCUT2D eigenvalue weighted by Crippen LogP contribution is -2.44. The number of carbonyl (C=O) groups excluding carboxylic acids is 1. The van der Waals surface area contributed by atoms with Crippen molar-refractivity contribution in [2.24, 2.45) is 7.05 Å². The number of nitrogens with zero attached hydrogens (tertiary/aromatic N) is 3. The van der Waals surface area contributed by atoms with E-state index in [2.05, 4.69) is 39.6 Å².